The first kappa shape index (κ1) is 16.2. The highest BCUT2D eigenvalue weighted by atomic mass is 79.9. The lowest BCUT2D eigenvalue weighted by Gasteiger charge is -2.25. The molecule has 1 rings (SSSR count). The second-order valence-corrected chi connectivity index (χ2v) is 6.23. The van der Waals surface area contributed by atoms with Crippen LogP contribution >= 0.6 is 15.9 Å². The normalized spacial score (nSPS) is 14.5. The first-order valence-corrected chi connectivity index (χ1v) is 7.33. The zero-order valence-corrected chi connectivity index (χ0v) is 13.8. The molecule has 0 radical (unpaired) electrons. The Balaban J connectivity index is 2.73. The van der Waals surface area contributed by atoms with Gasteiger partial charge in [0.25, 0.3) is 0 Å². The van der Waals surface area contributed by atoms with Crippen molar-refractivity contribution >= 4 is 21.8 Å². The number of carbonyl (C=O) groups is 1. The summed E-state index contributed by atoms with van der Waals surface area (Å²) in [5, 5.41) is 3.35. The fourth-order valence-electron chi connectivity index (χ4n) is 1.97. The van der Waals surface area contributed by atoms with Crippen LogP contribution in [0.2, 0.25) is 0 Å². The average Bonchev–Trinajstić information content (AvgIpc) is 2.73. The average molecular weight is 331 g/mol. The number of hydrogen-bond acceptors (Lipinski definition) is 3. The molecule has 0 aliphatic heterocycles. The van der Waals surface area contributed by atoms with Gasteiger partial charge in [-0.15, -0.1) is 0 Å². The van der Waals surface area contributed by atoms with Crippen molar-refractivity contribution in [1.82, 2.24) is 10.2 Å². The molecule has 0 aliphatic rings. The number of rotatable bonds is 6. The van der Waals surface area contributed by atoms with E-state index < -0.39 is 0 Å². The number of nitrogens with zero attached hydrogens (tertiary/aromatic N) is 1. The summed E-state index contributed by atoms with van der Waals surface area (Å²) >= 11 is 3.29. The Bertz CT molecular complexity index is 415. The predicted molar refractivity (Wildman–Crippen MR) is 79.9 cm³/mol. The summed E-state index contributed by atoms with van der Waals surface area (Å²) in [6.07, 6.45) is 0.809. The predicted octanol–water partition coefficient (Wildman–Crippen LogP) is 3.20. The van der Waals surface area contributed by atoms with Gasteiger partial charge in [-0.3, -0.25) is 10.1 Å². The molecular formula is C14H23BrN2O2. The van der Waals surface area contributed by atoms with Crippen LogP contribution in [0.3, 0.4) is 0 Å². The molecule has 1 N–H and O–H groups in total. The Hall–Kier alpha value is -0.810. The summed E-state index contributed by atoms with van der Waals surface area (Å²) < 4.78 is 6.22. The highest BCUT2D eigenvalue weighted by Gasteiger charge is 2.24. The van der Waals surface area contributed by atoms with Gasteiger partial charge >= 0.3 is 0 Å². The fourth-order valence-corrected chi connectivity index (χ4v) is 2.29. The minimum atomic E-state index is -0.186. The molecule has 0 saturated heterocycles. The topological polar surface area (TPSA) is 45.5 Å². The SMILES string of the molecule is CC(C)CC(NC(C)c1ccc(Br)o1)C(=O)N(C)C. The number of amides is 1. The molecule has 0 aromatic carbocycles. The number of nitrogens with one attached hydrogen (secondary N) is 1. The van der Waals surface area contributed by atoms with Gasteiger partial charge in [-0.2, -0.15) is 0 Å². The van der Waals surface area contributed by atoms with Crippen molar-refractivity contribution in [3.63, 3.8) is 0 Å². The van der Waals surface area contributed by atoms with E-state index >= 15 is 0 Å². The van der Waals surface area contributed by atoms with Crippen molar-refractivity contribution in [1.29, 1.82) is 0 Å². The van der Waals surface area contributed by atoms with Gasteiger partial charge in [-0.25, -0.2) is 0 Å². The molecule has 0 aliphatic carbocycles. The molecule has 4 nitrogen and oxygen atoms in total. The molecule has 1 heterocycles. The minimum Gasteiger partial charge on any atom is -0.453 e. The summed E-state index contributed by atoms with van der Waals surface area (Å²) in [6.45, 7) is 6.24. The maximum absolute atomic E-state index is 12.2. The van der Waals surface area contributed by atoms with Crippen molar-refractivity contribution in [3.8, 4) is 0 Å². The van der Waals surface area contributed by atoms with Crippen molar-refractivity contribution in [3.05, 3.63) is 22.6 Å². The van der Waals surface area contributed by atoms with Crippen LogP contribution in [0.4, 0.5) is 0 Å². The molecule has 5 heteroatoms. The molecule has 19 heavy (non-hydrogen) atoms. The second-order valence-electron chi connectivity index (χ2n) is 5.45. The molecule has 0 fully saturated rings. The van der Waals surface area contributed by atoms with Crippen LogP contribution in [0, 0.1) is 5.92 Å². The molecule has 1 amide bonds. The Morgan fingerprint density at radius 2 is 2.00 bits per heavy atom. The zero-order valence-electron chi connectivity index (χ0n) is 12.2. The molecule has 0 saturated carbocycles. The van der Waals surface area contributed by atoms with E-state index in [1.54, 1.807) is 19.0 Å². The molecule has 108 valence electrons. The summed E-state index contributed by atoms with van der Waals surface area (Å²) in [4.78, 5) is 13.8. The summed E-state index contributed by atoms with van der Waals surface area (Å²) in [5.74, 6) is 1.38. The lowest BCUT2D eigenvalue weighted by atomic mass is 10.0. The Morgan fingerprint density at radius 3 is 2.42 bits per heavy atom. The van der Waals surface area contributed by atoms with Crippen molar-refractivity contribution < 1.29 is 9.21 Å². The van der Waals surface area contributed by atoms with E-state index in [9.17, 15) is 4.79 Å². The van der Waals surface area contributed by atoms with E-state index in [0.29, 0.717) is 10.6 Å². The monoisotopic (exact) mass is 330 g/mol. The van der Waals surface area contributed by atoms with E-state index in [2.05, 4.69) is 35.1 Å². The minimum absolute atomic E-state index is 0.000972. The van der Waals surface area contributed by atoms with E-state index in [0.717, 1.165) is 12.2 Å². The van der Waals surface area contributed by atoms with Gasteiger partial charge in [0.15, 0.2) is 4.67 Å². The van der Waals surface area contributed by atoms with Crippen LogP contribution in [0.15, 0.2) is 21.2 Å². The first-order valence-electron chi connectivity index (χ1n) is 6.53. The molecule has 1 aromatic rings. The molecular weight excluding hydrogens is 308 g/mol. The van der Waals surface area contributed by atoms with Crippen LogP contribution in [0.5, 0.6) is 0 Å². The van der Waals surface area contributed by atoms with Crippen LogP contribution < -0.4 is 5.32 Å². The van der Waals surface area contributed by atoms with E-state index in [-0.39, 0.29) is 18.0 Å². The van der Waals surface area contributed by atoms with Crippen LogP contribution in [-0.4, -0.2) is 30.9 Å². The van der Waals surface area contributed by atoms with Crippen molar-refractivity contribution in [2.24, 2.45) is 5.92 Å². The van der Waals surface area contributed by atoms with Gasteiger partial charge in [-0.05, 0) is 47.3 Å². The van der Waals surface area contributed by atoms with Gasteiger partial charge in [0.2, 0.25) is 5.91 Å². The number of likely N-dealkylation sites (N-methyl/N-ethyl adjacent to an activating group) is 1. The second kappa shape index (κ2) is 7.10. The third-order valence-corrected chi connectivity index (χ3v) is 3.34. The lowest BCUT2D eigenvalue weighted by Crippen LogP contribution is -2.45. The summed E-state index contributed by atoms with van der Waals surface area (Å²) in [7, 11) is 3.57. The van der Waals surface area contributed by atoms with Crippen molar-refractivity contribution in [2.75, 3.05) is 14.1 Å². The number of carbonyl (C=O) groups excluding carboxylic acids is 1. The molecule has 1 aromatic heterocycles. The summed E-state index contributed by atoms with van der Waals surface area (Å²) in [6, 6.07) is 3.58. The summed E-state index contributed by atoms with van der Waals surface area (Å²) in [5.41, 5.74) is 0. The maximum atomic E-state index is 12.2. The molecule has 0 spiro atoms. The van der Waals surface area contributed by atoms with E-state index in [1.807, 2.05) is 19.1 Å². The highest BCUT2D eigenvalue weighted by Crippen LogP contribution is 2.21. The van der Waals surface area contributed by atoms with Crippen LogP contribution in [0.1, 0.15) is 39.0 Å². The third kappa shape index (κ3) is 4.99. The van der Waals surface area contributed by atoms with Gasteiger partial charge in [-0.1, -0.05) is 13.8 Å². The van der Waals surface area contributed by atoms with Crippen molar-refractivity contribution in [2.45, 2.75) is 39.3 Å². The fraction of sp³-hybridized carbons (Fsp3) is 0.643. The van der Waals surface area contributed by atoms with Gasteiger partial charge < -0.3 is 9.32 Å². The quantitative estimate of drug-likeness (QED) is 0.871. The van der Waals surface area contributed by atoms with Crippen LogP contribution in [-0.2, 0) is 4.79 Å². The Morgan fingerprint density at radius 1 is 1.37 bits per heavy atom. The first-order chi connectivity index (χ1) is 8.81. The Labute approximate surface area is 123 Å². The van der Waals surface area contributed by atoms with Crippen LogP contribution in [0.25, 0.3) is 0 Å². The smallest absolute Gasteiger partial charge is 0.239 e. The van der Waals surface area contributed by atoms with E-state index in [4.69, 9.17) is 4.42 Å². The van der Waals surface area contributed by atoms with Gasteiger partial charge in [0.1, 0.15) is 5.76 Å². The lowest BCUT2D eigenvalue weighted by molar-refractivity contribution is -0.131. The standard InChI is InChI=1S/C14H23BrN2O2/c1-9(2)8-11(14(18)17(4)5)16-10(3)12-6-7-13(15)19-12/h6-7,9-11,16H,8H2,1-5H3. The number of furan rings is 1. The molecule has 2 unspecified atom stereocenters. The van der Waals surface area contributed by atoms with Gasteiger partial charge in [0, 0.05) is 14.1 Å². The molecule has 0 bridgehead atoms. The van der Waals surface area contributed by atoms with E-state index in [1.165, 1.54) is 0 Å². The number of hydrogen-bond donors (Lipinski definition) is 1. The Kier molecular flexibility index (Phi) is 6.07. The largest absolute Gasteiger partial charge is 0.453 e. The highest BCUT2D eigenvalue weighted by molar-refractivity contribution is 9.10. The number of halogens is 1. The maximum Gasteiger partial charge on any atom is 0.239 e. The zero-order chi connectivity index (χ0) is 14.6. The molecule has 2 atom stereocenters. The van der Waals surface area contributed by atoms with Gasteiger partial charge in [0.05, 0.1) is 12.1 Å². The third-order valence-electron chi connectivity index (χ3n) is 2.92.